The first-order chi connectivity index (χ1) is 13.5. The molecule has 0 atom stereocenters. The number of nitrogens with zero attached hydrogens (tertiary/aromatic N) is 1. The predicted octanol–water partition coefficient (Wildman–Crippen LogP) is 5.80. The molecule has 6 nitrogen and oxygen atoms in total. The maximum absolute atomic E-state index is 12.1. The van der Waals surface area contributed by atoms with Gasteiger partial charge in [-0.3, -0.25) is 15.4 Å². The summed E-state index contributed by atoms with van der Waals surface area (Å²) in [5, 5.41) is 13.8. The largest absolute Gasteiger partial charge is 0.444 e. The summed E-state index contributed by atoms with van der Waals surface area (Å²) in [4.78, 5) is 24.4. The Morgan fingerprint density at radius 2 is 1.75 bits per heavy atom. The Kier molecular flexibility index (Phi) is 6.29. The highest BCUT2D eigenvalue weighted by molar-refractivity contribution is 7.99. The minimum atomic E-state index is -0.671. The highest BCUT2D eigenvalue weighted by Crippen LogP contribution is 2.33. The van der Waals surface area contributed by atoms with Crippen LogP contribution in [0.5, 0.6) is 0 Å². The van der Waals surface area contributed by atoms with Crippen molar-refractivity contribution in [3.63, 3.8) is 0 Å². The predicted molar refractivity (Wildman–Crippen MR) is 109 cm³/mol. The number of rotatable bonds is 6. The van der Waals surface area contributed by atoms with Gasteiger partial charge in [0.05, 0.1) is 10.6 Å². The van der Waals surface area contributed by atoms with Crippen molar-refractivity contribution in [2.45, 2.75) is 23.3 Å². The summed E-state index contributed by atoms with van der Waals surface area (Å²) in [5.41, 5.74) is 2.19. The molecule has 0 radical (unpaired) electrons. The van der Waals surface area contributed by atoms with Crippen LogP contribution >= 0.6 is 11.8 Å². The van der Waals surface area contributed by atoms with Crippen LogP contribution in [0.15, 0.2) is 82.6 Å². The van der Waals surface area contributed by atoms with Crippen molar-refractivity contribution >= 4 is 29.2 Å². The van der Waals surface area contributed by atoms with Gasteiger partial charge in [0, 0.05) is 21.9 Å². The number of anilines is 1. The Bertz CT molecular complexity index is 975. The minimum Gasteiger partial charge on any atom is -0.444 e. The second-order valence-electron chi connectivity index (χ2n) is 6.07. The zero-order valence-electron chi connectivity index (χ0n) is 15.1. The third kappa shape index (κ3) is 5.59. The van der Waals surface area contributed by atoms with E-state index in [4.69, 9.17) is 4.74 Å². The number of nitro benzene ring substituents is 1. The van der Waals surface area contributed by atoms with E-state index in [2.05, 4.69) is 5.32 Å². The molecule has 0 heterocycles. The Morgan fingerprint density at radius 1 is 1.04 bits per heavy atom. The van der Waals surface area contributed by atoms with E-state index < -0.39 is 11.0 Å². The Labute approximate surface area is 166 Å². The number of hydrogen-bond donors (Lipinski definition) is 1. The number of ether oxygens (including phenoxy) is 1. The van der Waals surface area contributed by atoms with Crippen molar-refractivity contribution in [3.8, 4) is 0 Å². The molecule has 0 saturated heterocycles. The Balaban J connectivity index is 1.72. The van der Waals surface area contributed by atoms with Gasteiger partial charge in [-0.05, 0) is 30.7 Å². The highest BCUT2D eigenvalue weighted by Gasteiger charge is 2.13. The lowest BCUT2D eigenvalue weighted by Crippen LogP contribution is -2.13. The number of nitrogens with one attached hydrogen (secondary N) is 1. The van der Waals surface area contributed by atoms with E-state index in [0.717, 1.165) is 16.0 Å². The number of amides is 1. The molecule has 0 unspecified atom stereocenters. The zero-order valence-corrected chi connectivity index (χ0v) is 15.9. The molecule has 0 bridgehead atoms. The van der Waals surface area contributed by atoms with Gasteiger partial charge in [0.25, 0.3) is 5.69 Å². The third-order valence-electron chi connectivity index (χ3n) is 3.82. The molecule has 142 valence electrons. The third-order valence-corrected chi connectivity index (χ3v) is 4.80. The van der Waals surface area contributed by atoms with E-state index in [1.807, 2.05) is 61.5 Å². The van der Waals surface area contributed by atoms with E-state index in [-0.39, 0.29) is 12.3 Å². The monoisotopic (exact) mass is 394 g/mol. The van der Waals surface area contributed by atoms with Crippen molar-refractivity contribution in [3.05, 3.63) is 94.0 Å². The molecule has 3 aromatic rings. The van der Waals surface area contributed by atoms with Crippen LogP contribution in [0, 0.1) is 17.0 Å². The van der Waals surface area contributed by atoms with Crippen molar-refractivity contribution < 1.29 is 14.5 Å². The molecule has 0 saturated carbocycles. The normalized spacial score (nSPS) is 10.3. The molecule has 0 aliphatic carbocycles. The van der Waals surface area contributed by atoms with Crippen LogP contribution in [-0.4, -0.2) is 11.0 Å². The van der Waals surface area contributed by atoms with E-state index >= 15 is 0 Å². The number of benzene rings is 3. The van der Waals surface area contributed by atoms with Gasteiger partial charge >= 0.3 is 6.09 Å². The summed E-state index contributed by atoms with van der Waals surface area (Å²) in [5.74, 6) is 0. The first-order valence-electron chi connectivity index (χ1n) is 8.51. The van der Waals surface area contributed by atoms with Crippen LogP contribution in [0.3, 0.4) is 0 Å². The number of aryl methyl sites for hydroxylation is 1. The van der Waals surface area contributed by atoms with Gasteiger partial charge < -0.3 is 4.74 Å². The smallest absolute Gasteiger partial charge is 0.411 e. The molecule has 3 rings (SSSR count). The van der Waals surface area contributed by atoms with Gasteiger partial charge in [0.2, 0.25) is 0 Å². The number of carbonyl (C=O) groups excluding carboxylic acids is 1. The van der Waals surface area contributed by atoms with Gasteiger partial charge in [-0.2, -0.15) is 0 Å². The van der Waals surface area contributed by atoms with E-state index in [1.54, 1.807) is 6.07 Å². The molecule has 3 aromatic carbocycles. The topological polar surface area (TPSA) is 81.5 Å². The quantitative estimate of drug-likeness (QED) is 0.422. The van der Waals surface area contributed by atoms with Crippen LogP contribution in [0.25, 0.3) is 0 Å². The molecule has 1 N–H and O–H groups in total. The summed E-state index contributed by atoms with van der Waals surface area (Å²) in [6.45, 7) is 2.11. The summed E-state index contributed by atoms with van der Waals surface area (Å²) in [6.07, 6.45) is -0.671. The SMILES string of the molecule is Cc1ccc(Sc2cc(NC(=O)OCc3ccccc3)cc([N+](=O)[O-])c2)cc1. The van der Waals surface area contributed by atoms with Crippen molar-refractivity contribution in [1.29, 1.82) is 0 Å². The summed E-state index contributed by atoms with van der Waals surface area (Å²) in [7, 11) is 0. The number of hydrogen-bond acceptors (Lipinski definition) is 5. The van der Waals surface area contributed by atoms with Crippen LogP contribution in [0.2, 0.25) is 0 Å². The summed E-state index contributed by atoms with van der Waals surface area (Å²) in [6, 6.07) is 21.6. The maximum atomic E-state index is 12.1. The average molecular weight is 394 g/mol. The fraction of sp³-hybridized carbons (Fsp3) is 0.0952. The molecular weight excluding hydrogens is 376 g/mol. The first-order valence-corrected chi connectivity index (χ1v) is 9.33. The van der Waals surface area contributed by atoms with Crippen LogP contribution in [0.4, 0.5) is 16.2 Å². The van der Waals surface area contributed by atoms with Crippen LogP contribution in [0.1, 0.15) is 11.1 Å². The summed E-state index contributed by atoms with van der Waals surface area (Å²) >= 11 is 1.38. The van der Waals surface area contributed by atoms with E-state index in [9.17, 15) is 14.9 Å². The molecule has 0 fully saturated rings. The lowest BCUT2D eigenvalue weighted by atomic mass is 10.2. The lowest BCUT2D eigenvalue weighted by Gasteiger charge is -2.09. The van der Waals surface area contributed by atoms with Crippen LogP contribution in [-0.2, 0) is 11.3 Å². The van der Waals surface area contributed by atoms with Crippen molar-refractivity contribution in [2.75, 3.05) is 5.32 Å². The molecular formula is C21H18N2O4S. The molecule has 7 heteroatoms. The molecule has 0 spiro atoms. The van der Waals surface area contributed by atoms with E-state index in [1.165, 1.54) is 23.9 Å². The van der Waals surface area contributed by atoms with Gasteiger partial charge in [-0.15, -0.1) is 0 Å². The Hall–Kier alpha value is -3.32. The molecule has 1 amide bonds. The lowest BCUT2D eigenvalue weighted by molar-refractivity contribution is -0.385. The van der Waals surface area contributed by atoms with Crippen LogP contribution < -0.4 is 5.32 Å². The van der Waals surface area contributed by atoms with Gasteiger partial charge in [0.15, 0.2) is 0 Å². The Morgan fingerprint density at radius 3 is 2.43 bits per heavy atom. The molecule has 0 aliphatic rings. The van der Waals surface area contributed by atoms with Crippen molar-refractivity contribution in [2.24, 2.45) is 0 Å². The highest BCUT2D eigenvalue weighted by atomic mass is 32.2. The maximum Gasteiger partial charge on any atom is 0.411 e. The average Bonchev–Trinajstić information content (AvgIpc) is 2.69. The zero-order chi connectivity index (χ0) is 19.9. The van der Waals surface area contributed by atoms with Gasteiger partial charge in [0.1, 0.15) is 6.61 Å². The second-order valence-corrected chi connectivity index (χ2v) is 7.22. The fourth-order valence-corrected chi connectivity index (χ4v) is 3.35. The number of carbonyl (C=O) groups is 1. The first kappa shape index (κ1) is 19.4. The molecule has 0 aromatic heterocycles. The number of non-ortho nitro benzene ring substituents is 1. The van der Waals surface area contributed by atoms with Gasteiger partial charge in [-0.25, -0.2) is 4.79 Å². The fourth-order valence-electron chi connectivity index (χ4n) is 2.44. The molecule has 28 heavy (non-hydrogen) atoms. The number of nitro groups is 1. The summed E-state index contributed by atoms with van der Waals surface area (Å²) < 4.78 is 5.18. The van der Waals surface area contributed by atoms with Crippen molar-refractivity contribution in [1.82, 2.24) is 0 Å². The van der Waals surface area contributed by atoms with Gasteiger partial charge in [-0.1, -0.05) is 59.8 Å². The minimum absolute atomic E-state index is 0.101. The second kappa shape index (κ2) is 9.05. The standard InChI is InChI=1S/C21H18N2O4S/c1-15-7-9-19(10-8-15)28-20-12-17(11-18(13-20)23(25)26)22-21(24)27-14-16-5-3-2-4-6-16/h2-13H,14H2,1H3,(H,22,24). The molecule has 0 aliphatic heterocycles. The van der Waals surface area contributed by atoms with E-state index in [0.29, 0.717) is 10.6 Å².